The average Bonchev–Trinajstić information content (AvgIpc) is 3.22. The van der Waals surface area contributed by atoms with E-state index in [1.807, 2.05) is 24.3 Å². The zero-order valence-corrected chi connectivity index (χ0v) is 22.0. The van der Waals surface area contributed by atoms with Crippen molar-refractivity contribution in [3.05, 3.63) is 82.4 Å². The first-order valence-corrected chi connectivity index (χ1v) is 12.8. The Hall–Kier alpha value is -4.22. The van der Waals surface area contributed by atoms with Crippen LogP contribution in [0.1, 0.15) is 35.8 Å². The molecule has 1 aliphatic carbocycles. The first kappa shape index (κ1) is 25.1. The predicted molar refractivity (Wildman–Crippen MR) is 142 cm³/mol. The number of amides is 2. The van der Waals surface area contributed by atoms with Gasteiger partial charge in [0, 0.05) is 16.5 Å². The molecule has 6 rings (SSSR count). The lowest BCUT2D eigenvalue weighted by Gasteiger charge is -2.27. The summed E-state index contributed by atoms with van der Waals surface area (Å²) in [4.78, 5) is 46.5. The van der Waals surface area contributed by atoms with Gasteiger partial charge in [0.25, 0.3) is 11.8 Å². The number of carbonyl (C=O) groups is 3. The fourth-order valence-electron chi connectivity index (χ4n) is 4.92. The van der Waals surface area contributed by atoms with Crippen LogP contribution in [0.3, 0.4) is 0 Å². The van der Waals surface area contributed by atoms with E-state index in [1.54, 1.807) is 42.1 Å². The number of carboxylic acids is 1. The molecular formula is C26H21Cl2N7O4. The number of imidazole rings is 1. The number of aromatic nitrogens is 5. The van der Waals surface area contributed by atoms with Crippen molar-refractivity contribution in [3.8, 4) is 5.69 Å². The van der Waals surface area contributed by atoms with Gasteiger partial charge in [-0.05, 0) is 55.7 Å². The Labute approximate surface area is 232 Å². The van der Waals surface area contributed by atoms with Crippen LogP contribution in [0.25, 0.3) is 5.69 Å². The molecule has 1 saturated carbocycles. The van der Waals surface area contributed by atoms with E-state index in [0.717, 1.165) is 11.3 Å². The lowest BCUT2D eigenvalue weighted by atomic mass is 9.91. The van der Waals surface area contributed by atoms with E-state index in [9.17, 15) is 19.5 Å². The van der Waals surface area contributed by atoms with Crippen molar-refractivity contribution in [1.82, 2.24) is 29.9 Å². The van der Waals surface area contributed by atoms with Gasteiger partial charge in [0.15, 0.2) is 0 Å². The van der Waals surface area contributed by atoms with Crippen LogP contribution in [-0.2, 0) is 21.5 Å². The molecule has 2 aliphatic rings. The number of hydrogen-bond donors (Lipinski definition) is 2. The fraction of sp³-hybridized carbons (Fsp3) is 0.231. The van der Waals surface area contributed by atoms with Crippen LogP contribution in [0, 0.1) is 0 Å². The summed E-state index contributed by atoms with van der Waals surface area (Å²) in [7, 11) is 0. The normalized spacial score (nSPS) is 19.2. The minimum absolute atomic E-state index is 0.0707. The van der Waals surface area contributed by atoms with E-state index in [4.69, 9.17) is 23.2 Å². The zero-order valence-electron chi connectivity index (χ0n) is 20.5. The molecule has 2 amide bonds. The SMILES string of the molecule is CC1(Cc2ccc(-n3nccn3)cc2)C(=O)N(c2cc(Cl)cc(Cl)c2)c2ncc(C(=O)NC3(C(=O)O)CC3)n21. The third-order valence-corrected chi connectivity index (χ3v) is 7.52. The van der Waals surface area contributed by atoms with Crippen molar-refractivity contribution >= 4 is 52.6 Å². The summed E-state index contributed by atoms with van der Waals surface area (Å²) in [6.45, 7) is 1.72. The van der Waals surface area contributed by atoms with Crippen molar-refractivity contribution in [1.29, 1.82) is 0 Å². The smallest absolute Gasteiger partial charge is 0.329 e. The van der Waals surface area contributed by atoms with Gasteiger partial charge in [0.1, 0.15) is 16.8 Å². The molecule has 39 heavy (non-hydrogen) atoms. The van der Waals surface area contributed by atoms with Crippen LogP contribution >= 0.6 is 23.2 Å². The van der Waals surface area contributed by atoms with Crippen LogP contribution in [0.5, 0.6) is 0 Å². The largest absolute Gasteiger partial charge is 0.480 e. The lowest BCUT2D eigenvalue weighted by Crippen LogP contribution is -2.46. The highest BCUT2D eigenvalue weighted by Gasteiger charge is 2.54. The van der Waals surface area contributed by atoms with Crippen LogP contribution in [0.15, 0.2) is 61.1 Å². The summed E-state index contributed by atoms with van der Waals surface area (Å²) in [5, 5.41) is 21.1. The number of nitrogens with one attached hydrogen (secondary N) is 1. The van der Waals surface area contributed by atoms with Gasteiger partial charge >= 0.3 is 5.97 Å². The third kappa shape index (κ3) is 4.14. The quantitative estimate of drug-likeness (QED) is 0.348. The van der Waals surface area contributed by atoms with Crippen molar-refractivity contribution in [2.45, 2.75) is 37.3 Å². The minimum Gasteiger partial charge on any atom is -0.480 e. The van der Waals surface area contributed by atoms with E-state index in [2.05, 4.69) is 20.5 Å². The van der Waals surface area contributed by atoms with Crippen molar-refractivity contribution in [3.63, 3.8) is 0 Å². The molecule has 1 fully saturated rings. The molecule has 1 atom stereocenters. The Balaban J connectivity index is 1.42. The maximum absolute atomic E-state index is 14.1. The number of carboxylic acid groups (broad SMARTS) is 1. The summed E-state index contributed by atoms with van der Waals surface area (Å²) >= 11 is 12.5. The van der Waals surface area contributed by atoms with Gasteiger partial charge in [0.05, 0.1) is 30.0 Å². The van der Waals surface area contributed by atoms with E-state index in [-0.39, 0.29) is 24.0 Å². The molecule has 11 nitrogen and oxygen atoms in total. The topological polar surface area (TPSA) is 135 Å². The number of carbonyl (C=O) groups excluding carboxylic acids is 2. The summed E-state index contributed by atoms with van der Waals surface area (Å²) < 4.78 is 1.56. The van der Waals surface area contributed by atoms with Crippen LogP contribution in [-0.4, -0.2) is 53.0 Å². The first-order chi connectivity index (χ1) is 18.6. The monoisotopic (exact) mass is 565 g/mol. The average molecular weight is 566 g/mol. The highest BCUT2D eigenvalue weighted by atomic mass is 35.5. The molecule has 4 aromatic rings. The number of fused-ring (bicyclic) bond motifs is 1. The maximum Gasteiger partial charge on any atom is 0.329 e. The summed E-state index contributed by atoms with van der Waals surface area (Å²) in [6.07, 6.45) is 5.36. The van der Waals surface area contributed by atoms with E-state index in [1.165, 1.54) is 15.9 Å². The summed E-state index contributed by atoms with van der Waals surface area (Å²) in [6, 6.07) is 12.1. The predicted octanol–water partition coefficient (Wildman–Crippen LogP) is 3.75. The maximum atomic E-state index is 14.1. The Bertz CT molecular complexity index is 1610. The lowest BCUT2D eigenvalue weighted by molar-refractivity contribution is -0.140. The fourth-order valence-corrected chi connectivity index (χ4v) is 5.44. The molecule has 2 aromatic carbocycles. The zero-order chi connectivity index (χ0) is 27.5. The van der Waals surface area contributed by atoms with Gasteiger partial charge in [-0.2, -0.15) is 15.0 Å². The Kier molecular flexibility index (Phi) is 5.74. The molecule has 0 saturated heterocycles. The number of aliphatic carboxylic acids is 1. The number of benzene rings is 2. The molecule has 2 aromatic heterocycles. The Morgan fingerprint density at radius 3 is 2.26 bits per heavy atom. The Morgan fingerprint density at radius 2 is 1.67 bits per heavy atom. The third-order valence-electron chi connectivity index (χ3n) is 7.09. The van der Waals surface area contributed by atoms with Crippen LogP contribution < -0.4 is 10.2 Å². The molecule has 13 heteroatoms. The molecule has 198 valence electrons. The first-order valence-electron chi connectivity index (χ1n) is 12.0. The molecular weight excluding hydrogens is 545 g/mol. The molecule has 1 aliphatic heterocycles. The number of nitrogens with zero attached hydrogens (tertiary/aromatic N) is 6. The molecule has 0 spiro atoms. The van der Waals surface area contributed by atoms with Crippen LogP contribution in [0.2, 0.25) is 10.0 Å². The highest BCUT2D eigenvalue weighted by molar-refractivity contribution is 6.35. The molecule has 0 radical (unpaired) electrons. The number of rotatable bonds is 7. The van der Waals surface area contributed by atoms with Gasteiger partial charge in [-0.1, -0.05) is 35.3 Å². The highest BCUT2D eigenvalue weighted by Crippen LogP contribution is 2.44. The number of halogens is 2. The van der Waals surface area contributed by atoms with Crippen molar-refractivity contribution < 1.29 is 19.5 Å². The van der Waals surface area contributed by atoms with Gasteiger partial charge in [-0.25, -0.2) is 14.7 Å². The van der Waals surface area contributed by atoms with Crippen LogP contribution in [0.4, 0.5) is 11.6 Å². The van der Waals surface area contributed by atoms with Gasteiger partial charge < -0.3 is 10.4 Å². The number of hydrogen-bond acceptors (Lipinski definition) is 6. The standard InChI is InChI=1S/C26H21Cl2N7O4/c1-25(13-15-2-4-18(5-3-15)35-30-8-9-31-35)22(37)33(19-11-16(27)10-17(28)12-19)24-29-14-20(34(24)25)21(36)32-26(6-7-26)23(38)39/h2-5,8-12,14H,6-7,13H2,1H3,(H,32,36)(H,38,39). The summed E-state index contributed by atoms with van der Waals surface area (Å²) in [5.41, 5.74) is -0.585. The molecule has 3 heterocycles. The second-order valence-electron chi connectivity index (χ2n) is 9.82. The van der Waals surface area contributed by atoms with E-state index < -0.39 is 23.0 Å². The number of anilines is 2. The molecule has 0 bridgehead atoms. The van der Waals surface area contributed by atoms with E-state index >= 15 is 0 Å². The van der Waals surface area contributed by atoms with Gasteiger partial charge in [-0.15, -0.1) is 0 Å². The molecule has 1 unspecified atom stereocenters. The van der Waals surface area contributed by atoms with E-state index in [0.29, 0.717) is 28.6 Å². The van der Waals surface area contributed by atoms with Crippen molar-refractivity contribution in [2.24, 2.45) is 0 Å². The second-order valence-corrected chi connectivity index (χ2v) is 10.7. The summed E-state index contributed by atoms with van der Waals surface area (Å²) in [5.74, 6) is -1.88. The Morgan fingerprint density at radius 1 is 1.03 bits per heavy atom. The van der Waals surface area contributed by atoms with Crippen molar-refractivity contribution in [2.75, 3.05) is 4.90 Å². The van der Waals surface area contributed by atoms with Gasteiger partial charge in [-0.3, -0.25) is 14.2 Å². The second kappa shape index (κ2) is 8.92. The molecule has 2 N–H and O–H groups in total. The minimum atomic E-state index is -1.31. The van der Waals surface area contributed by atoms with Gasteiger partial charge in [0.2, 0.25) is 5.95 Å².